The summed E-state index contributed by atoms with van der Waals surface area (Å²) in [6.07, 6.45) is 4.60. The first kappa shape index (κ1) is 11.5. The van der Waals surface area contributed by atoms with E-state index in [4.69, 9.17) is 5.73 Å². The minimum Gasteiger partial charge on any atom is -0.368 e. The quantitative estimate of drug-likeness (QED) is 0.725. The number of likely N-dealkylation sites (tertiary alicyclic amines) is 1. The summed E-state index contributed by atoms with van der Waals surface area (Å²) >= 11 is 0. The molecule has 2 atom stereocenters. The molecule has 0 bridgehead atoms. The van der Waals surface area contributed by atoms with Crippen LogP contribution in [-0.4, -0.2) is 29.9 Å². The lowest BCUT2D eigenvalue weighted by molar-refractivity contribution is -0.123. The first-order valence-corrected chi connectivity index (χ1v) is 5.72. The average Bonchev–Trinajstić information content (AvgIpc) is 2.54. The summed E-state index contributed by atoms with van der Waals surface area (Å²) in [4.78, 5) is 13.4. The van der Waals surface area contributed by atoms with Crippen molar-refractivity contribution in [1.82, 2.24) is 4.90 Å². The molecule has 0 aliphatic carbocycles. The predicted octanol–water partition coefficient (Wildman–Crippen LogP) is 1.37. The van der Waals surface area contributed by atoms with Gasteiger partial charge in [-0.3, -0.25) is 9.69 Å². The first-order chi connectivity index (χ1) is 6.69. The number of hydrogen-bond acceptors (Lipinski definition) is 2. The number of nitrogens with two attached hydrogens (primary N) is 1. The Morgan fingerprint density at radius 1 is 1.57 bits per heavy atom. The zero-order chi connectivity index (χ0) is 10.6. The van der Waals surface area contributed by atoms with Crippen molar-refractivity contribution >= 4 is 5.91 Å². The van der Waals surface area contributed by atoms with Gasteiger partial charge in [-0.2, -0.15) is 0 Å². The molecular formula is C11H22N2O. The number of amides is 1. The number of carbonyl (C=O) groups excluding carboxylic acids is 1. The van der Waals surface area contributed by atoms with Crippen LogP contribution in [0.4, 0.5) is 0 Å². The van der Waals surface area contributed by atoms with E-state index in [0.717, 1.165) is 25.4 Å². The van der Waals surface area contributed by atoms with Crippen molar-refractivity contribution in [1.29, 1.82) is 0 Å². The molecule has 1 amide bonds. The van der Waals surface area contributed by atoms with Crippen LogP contribution in [-0.2, 0) is 4.79 Å². The molecule has 0 aromatic heterocycles. The van der Waals surface area contributed by atoms with Crippen molar-refractivity contribution < 1.29 is 4.79 Å². The molecule has 1 unspecified atom stereocenters. The van der Waals surface area contributed by atoms with Crippen LogP contribution in [0.1, 0.15) is 39.5 Å². The van der Waals surface area contributed by atoms with Crippen molar-refractivity contribution in [2.75, 3.05) is 13.1 Å². The van der Waals surface area contributed by atoms with E-state index in [1.807, 2.05) is 6.92 Å². The van der Waals surface area contributed by atoms with E-state index in [-0.39, 0.29) is 11.9 Å². The molecule has 1 aliphatic heterocycles. The normalized spacial score (nSPS) is 25.1. The molecule has 0 radical (unpaired) electrons. The summed E-state index contributed by atoms with van der Waals surface area (Å²) in [7, 11) is 0. The van der Waals surface area contributed by atoms with E-state index in [2.05, 4.69) is 11.8 Å². The molecule has 1 saturated heterocycles. The third kappa shape index (κ3) is 2.71. The highest BCUT2D eigenvalue weighted by atomic mass is 16.1. The van der Waals surface area contributed by atoms with Crippen molar-refractivity contribution in [3.63, 3.8) is 0 Å². The molecule has 1 aliphatic rings. The highest BCUT2D eigenvalue weighted by molar-refractivity contribution is 5.79. The Kier molecular flexibility index (Phi) is 4.39. The lowest BCUT2D eigenvalue weighted by Gasteiger charge is -2.23. The van der Waals surface area contributed by atoms with Crippen molar-refractivity contribution in [3.05, 3.63) is 0 Å². The molecule has 0 spiro atoms. The average molecular weight is 198 g/mol. The topological polar surface area (TPSA) is 46.3 Å². The van der Waals surface area contributed by atoms with Gasteiger partial charge in [0, 0.05) is 6.54 Å². The van der Waals surface area contributed by atoms with Crippen LogP contribution in [0.25, 0.3) is 0 Å². The molecule has 82 valence electrons. The van der Waals surface area contributed by atoms with Gasteiger partial charge in [0.1, 0.15) is 0 Å². The van der Waals surface area contributed by atoms with Gasteiger partial charge in [-0.25, -0.2) is 0 Å². The van der Waals surface area contributed by atoms with E-state index >= 15 is 0 Å². The van der Waals surface area contributed by atoms with Gasteiger partial charge in [-0.05, 0) is 31.7 Å². The van der Waals surface area contributed by atoms with Gasteiger partial charge in [0.25, 0.3) is 0 Å². The fourth-order valence-corrected chi connectivity index (χ4v) is 2.43. The zero-order valence-electron chi connectivity index (χ0n) is 9.33. The highest BCUT2D eigenvalue weighted by Crippen LogP contribution is 2.23. The first-order valence-electron chi connectivity index (χ1n) is 5.72. The van der Waals surface area contributed by atoms with Gasteiger partial charge in [-0.15, -0.1) is 0 Å². The predicted molar refractivity (Wildman–Crippen MR) is 57.9 cm³/mol. The lowest BCUT2D eigenvalue weighted by Crippen LogP contribution is -2.43. The number of carbonyl (C=O) groups is 1. The second kappa shape index (κ2) is 5.35. The molecule has 0 saturated carbocycles. The third-order valence-corrected chi connectivity index (χ3v) is 3.17. The van der Waals surface area contributed by atoms with Crippen LogP contribution in [0.2, 0.25) is 0 Å². The van der Waals surface area contributed by atoms with Gasteiger partial charge < -0.3 is 5.73 Å². The number of rotatable bonds is 5. The van der Waals surface area contributed by atoms with Crippen LogP contribution in [0.3, 0.4) is 0 Å². The van der Waals surface area contributed by atoms with Crippen LogP contribution < -0.4 is 5.73 Å². The van der Waals surface area contributed by atoms with Crippen molar-refractivity contribution in [3.8, 4) is 0 Å². The summed E-state index contributed by atoms with van der Waals surface area (Å²) in [6.45, 7) is 6.36. The maximum Gasteiger partial charge on any atom is 0.234 e. The summed E-state index contributed by atoms with van der Waals surface area (Å²) in [5.41, 5.74) is 5.37. The van der Waals surface area contributed by atoms with E-state index < -0.39 is 0 Å². The Labute approximate surface area is 86.6 Å². The fraction of sp³-hybridized carbons (Fsp3) is 0.909. The highest BCUT2D eigenvalue weighted by Gasteiger charge is 2.29. The molecule has 3 nitrogen and oxygen atoms in total. The largest absolute Gasteiger partial charge is 0.368 e. The summed E-state index contributed by atoms with van der Waals surface area (Å²) < 4.78 is 0. The van der Waals surface area contributed by atoms with Gasteiger partial charge in [0.05, 0.1) is 6.04 Å². The van der Waals surface area contributed by atoms with Crippen molar-refractivity contribution in [2.45, 2.75) is 45.6 Å². The monoisotopic (exact) mass is 198 g/mol. The van der Waals surface area contributed by atoms with E-state index in [1.165, 1.54) is 19.3 Å². The van der Waals surface area contributed by atoms with E-state index in [9.17, 15) is 4.79 Å². The van der Waals surface area contributed by atoms with Gasteiger partial charge in [0.15, 0.2) is 0 Å². The molecule has 0 aromatic carbocycles. The zero-order valence-corrected chi connectivity index (χ0v) is 9.33. The van der Waals surface area contributed by atoms with Crippen LogP contribution in [0.5, 0.6) is 0 Å². The second-order valence-electron chi connectivity index (χ2n) is 4.26. The Hall–Kier alpha value is -0.570. The Morgan fingerprint density at radius 2 is 2.29 bits per heavy atom. The van der Waals surface area contributed by atoms with Crippen LogP contribution >= 0.6 is 0 Å². The van der Waals surface area contributed by atoms with E-state index in [0.29, 0.717) is 0 Å². The minimum absolute atomic E-state index is 0.0307. The molecule has 2 N–H and O–H groups in total. The van der Waals surface area contributed by atoms with Crippen LogP contribution in [0, 0.1) is 5.92 Å². The number of hydrogen-bond donors (Lipinski definition) is 1. The third-order valence-electron chi connectivity index (χ3n) is 3.17. The molecule has 1 fully saturated rings. The van der Waals surface area contributed by atoms with E-state index in [1.54, 1.807) is 0 Å². The number of nitrogens with zero attached hydrogens (tertiary/aromatic N) is 1. The standard InChI is InChI=1S/C11H22N2O/c1-3-5-9-6-7-13(8-9)10(4-2)11(12)14/h9-10H,3-8H2,1-2H3,(H2,12,14)/t9?,10-/m0/s1. The maximum atomic E-state index is 11.2. The smallest absolute Gasteiger partial charge is 0.234 e. The second-order valence-corrected chi connectivity index (χ2v) is 4.26. The summed E-state index contributed by atoms with van der Waals surface area (Å²) in [6, 6.07) is -0.0307. The Balaban J connectivity index is 2.43. The van der Waals surface area contributed by atoms with Gasteiger partial charge >= 0.3 is 0 Å². The Morgan fingerprint density at radius 3 is 2.79 bits per heavy atom. The fourth-order valence-electron chi connectivity index (χ4n) is 2.43. The Bertz CT molecular complexity index is 194. The SMILES string of the molecule is CCCC1CCN([C@@H](CC)C(N)=O)C1. The molecule has 0 aromatic rings. The molecule has 1 rings (SSSR count). The molecule has 3 heteroatoms. The lowest BCUT2D eigenvalue weighted by atomic mass is 10.0. The molecular weight excluding hydrogens is 176 g/mol. The van der Waals surface area contributed by atoms with Gasteiger partial charge in [-0.1, -0.05) is 20.3 Å². The minimum atomic E-state index is -0.162. The van der Waals surface area contributed by atoms with Crippen LogP contribution in [0.15, 0.2) is 0 Å². The van der Waals surface area contributed by atoms with Crippen molar-refractivity contribution in [2.24, 2.45) is 11.7 Å². The van der Waals surface area contributed by atoms with Gasteiger partial charge in [0.2, 0.25) is 5.91 Å². The summed E-state index contributed by atoms with van der Waals surface area (Å²) in [5, 5.41) is 0. The molecule has 14 heavy (non-hydrogen) atoms. The molecule has 1 heterocycles. The summed E-state index contributed by atoms with van der Waals surface area (Å²) in [5.74, 6) is 0.623. The number of primary amides is 1. The maximum absolute atomic E-state index is 11.2.